The topological polar surface area (TPSA) is 87.7 Å². The van der Waals surface area contributed by atoms with Crippen molar-refractivity contribution < 1.29 is 17.9 Å². The van der Waals surface area contributed by atoms with E-state index >= 15 is 0 Å². The molecule has 0 aromatic heterocycles. The summed E-state index contributed by atoms with van der Waals surface area (Å²) in [5, 5.41) is 3.09. The maximum Gasteiger partial charge on any atom is 0.255 e. The number of carbonyl (C=O) groups excluding carboxylic acids is 1. The van der Waals surface area contributed by atoms with E-state index in [1.807, 2.05) is 0 Å². The van der Waals surface area contributed by atoms with E-state index in [-0.39, 0.29) is 11.9 Å². The Balaban J connectivity index is 1.51. The van der Waals surface area contributed by atoms with Gasteiger partial charge in [0, 0.05) is 36.8 Å². The van der Waals surface area contributed by atoms with Crippen LogP contribution in [-0.4, -0.2) is 51.2 Å². The van der Waals surface area contributed by atoms with Crippen molar-refractivity contribution >= 4 is 21.6 Å². The Bertz CT molecular complexity index is 1100. The van der Waals surface area contributed by atoms with Crippen LogP contribution in [0.3, 0.4) is 0 Å². The first-order valence-electron chi connectivity index (χ1n) is 11.2. The van der Waals surface area contributed by atoms with Crippen LogP contribution in [0.25, 0.3) is 0 Å². The minimum atomic E-state index is -3.44. The number of benzene rings is 2. The normalized spacial score (nSPS) is 17.9. The van der Waals surface area contributed by atoms with Crippen LogP contribution in [0.2, 0.25) is 0 Å². The number of rotatable bonds is 8. The molecule has 8 heteroatoms. The summed E-state index contributed by atoms with van der Waals surface area (Å²) in [7, 11) is -3.44. The van der Waals surface area contributed by atoms with Crippen LogP contribution < -0.4 is 14.8 Å². The Labute approximate surface area is 190 Å². The summed E-state index contributed by atoms with van der Waals surface area (Å²) < 4.78 is 31.6. The quantitative estimate of drug-likeness (QED) is 0.636. The zero-order valence-corrected chi connectivity index (χ0v) is 19.5. The van der Waals surface area contributed by atoms with E-state index in [1.165, 1.54) is 11.1 Å². The van der Waals surface area contributed by atoms with E-state index in [0.717, 1.165) is 44.2 Å². The van der Waals surface area contributed by atoms with Gasteiger partial charge in [-0.1, -0.05) is 37.6 Å². The van der Waals surface area contributed by atoms with Crippen molar-refractivity contribution in [3.63, 3.8) is 0 Å². The maximum atomic E-state index is 13.1. The van der Waals surface area contributed by atoms with Gasteiger partial charge in [-0.15, -0.1) is 0 Å². The highest BCUT2D eigenvalue weighted by Gasteiger charge is 2.28. The Morgan fingerprint density at radius 2 is 1.97 bits per heavy atom. The van der Waals surface area contributed by atoms with Crippen molar-refractivity contribution in [2.24, 2.45) is 0 Å². The first kappa shape index (κ1) is 22.6. The predicted molar refractivity (Wildman–Crippen MR) is 126 cm³/mol. The van der Waals surface area contributed by atoms with Crippen LogP contribution in [0, 0.1) is 0 Å². The van der Waals surface area contributed by atoms with E-state index in [4.69, 9.17) is 4.74 Å². The van der Waals surface area contributed by atoms with E-state index in [0.29, 0.717) is 36.6 Å². The number of unbranched alkanes of at least 4 members (excludes halogenated alkanes) is 1. The van der Waals surface area contributed by atoms with Gasteiger partial charge < -0.3 is 10.1 Å². The highest BCUT2D eigenvalue weighted by Crippen LogP contribution is 2.33. The molecular formula is C24H31N3O4S. The van der Waals surface area contributed by atoms with E-state index in [9.17, 15) is 13.2 Å². The molecule has 2 N–H and O–H groups in total. The van der Waals surface area contributed by atoms with Gasteiger partial charge in [-0.2, -0.15) is 0 Å². The van der Waals surface area contributed by atoms with Gasteiger partial charge in [-0.25, -0.2) is 8.42 Å². The molecule has 2 heterocycles. The van der Waals surface area contributed by atoms with Crippen molar-refractivity contribution in [2.75, 3.05) is 30.7 Å². The smallest absolute Gasteiger partial charge is 0.255 e. The van der Waals surface area contributed by atoms with Crippen LogP contribution in [-0.2, 0) is 29.4 Å². The number of nitrogens with one attached hydrogen (secondary N) is 2. The second kappa shape index (κ2) is 9.50. The second-order valence-electron chi connectivity index (χ2n) is 8.65. The Morgan fingerprint density at radius 3 is 2.72 bits per heavy atom. The molecule has 4 rings (SSSR count). The van der Waals surface area contributed by atoms with Crippen molar-refractivity contribution in [1.82, 2.24) is 10.2 Å². The lowest BCUT2D eigenvalue weighted by molar-refractivity contribution is 0.0921. The number of hydrogen-bond donors (Lipinski definition) is 2. The molecule has 172 valence electrons. The molecule has 0 fully saturated rings. The van der Waals surface area contributed by atoms with Crippen molar-refractivity contribution in [2.45, 2.75) is 45.2 Å². The third-order valence-electron chi connectivity index (χ3n) is 6.09. The number of carbonyl (C=O) groups is 1. The fraction of sp³-hybridized carbons (Fsp3) is 0.458. The molecule has 32 heavy (non-hydrogen) atoms. The summed E-state index contributed by atoms with van der Waals surface area (Å²) in [4.78, 5) is 15.6. The molecule has 2 aromatic carbocycles. The average molecular weight is 458 g/mol. The standard InChI is InChI=1S/C24H31N3O4S/c1-3-4-10-27-16-19-8-6-5-7-17(19)13-21(27)15-25-24(28)22-14-20(26-32(2,29)30)12-18-9-11-31-23(18)22/h5-8,12,14,21,26H,3-4,9-11,13,15-16H2,1-2H3,(H,25,28)/t21-/m0/s1. The molecule has 0 bridgehead atoms. The van der Waals surface area contributed by atoms with Gasteiger partial charge in [0.1, 0.15) is 5.75 Å². The molecular weight excluding hydrogens is 426 g/mol. The Morgan fingerprint density at radius 1 is 1.19 bits per heavy atom. The minimum absolute atomic E-state index is 0.215. The SMILES string of the molecule is CCCCN1Cc2ccccc2C[C@H]1CNC(=O)c1cc(NS(C)(=O)=O)cc2c1OCC2. The fourth-order valence-electron chi connectivity index (χ4n) is 4.52. The number of amides is 1. The molecule has 2 aromatic rings. The Kier molecular flexibility index (Phi) is 6.71. The summed E-state index contributed by atoms with van der Waals surface area (Å²) in [6.45, 7) is 5.09. The zero-order valence-electron chi connectivity index (χ0n) is 18.7. The van der Waals surface area contributed by atoms with Crippen molar-refractivity contribution in [3.8, 4) is 5.75 Å². The molecule has 0 aliphatic carbocycles. The fourth-order valence-corrected chi connectivity index (χ4v) is 5.07. The van der Waals surface area contributed by atoms with E-state index in [1.54, 1.807) is 12.1 Å². The van der Waals surface area contributed by atoms with Crippen LogP contribution >= 0.6 is 0 Å². The highest BCUT2D eigenvalue weighted by atomic mass is 32.2. The molecule has 0 saturated carbocycles. The predicted octanol–water partition coefficient (Wildman–Crippen LogP) is 2.95. The molecule has 0 saturated heterocycles. The van der Waals surface area contributed by atoms with Gasteiger partial charge in [0.15, 0.2) is 0 Å². The third kappa shape index (κ3) is 5.24. The van der Waals surface area contributed by atoms with Crippen LogP contribution in [0.5, 0.6) is 5.75 Å². The lowest BCUT2D eigenvalue weighted by Gasteiger charge is -2.37. The number of sulfonamides is 1. The summed E-state index contributed by atoms with van der Waals surface area (Å²) in [5.41, 5.74) is 4.31. The zero-order chi connectivity index (χ0) is 22.7. The van der Waals surface area contributed by atoms with Crippen molar-refractivity contribution in [1.29, 1.82) is 0 Å². The second-order valence-corrected chi connectivity index (χ2v) is 10.4. The van der Waals surface area contributed by atoms with Gasteiger partial charge in [0.25, 0.3) is 5.91 Å². The molecule has 0 radical (unpaired) electrons. The summed E-state index contributed by atoms with van der Waals surface area (Å²) in [6.07, 6.45) is 4.89. The molecule has 7 nitrogen and oxygen atoms in total. The molecule has 0 spiro atoms. The van der Waals surface area contributed by atoms with Gasteiger partial charge >= 0.3 is 0 Å². The number of nitrogens with zero attached hydrogens (tertiary/aromatic N) is 1. The van der Waals surface area contributed by atoms with Crippen LogP contribution in [0.1, 0.15) is 46.8 Å². The van der Waals surface area contributed by atoms with Crippen molar-refractivity contribution in [3.05, 3.63) is 58.7 Å². The van der Waals surface area contributed by atoms with E-state index in [2.05, 4.69) is 46.1 Å². The van der Waals surface area contributed by atoms with Gasteiger partial charge in [0.05, 0.1) is 18.4 Å². The molecule has 2 aliphatic rings. The number of fused-ring (bicyclic) bond motifs is 2. The van der Waals surface area contributed by atoms with E-state index < -0.39 is 10.0 Å². The van der Waals surface area contributed by atoms with Crippen LogP contribution in [0.15, 0.2) is 36.4 Å². The summed E-state index contributed by atoms with van der Waals surface area (Å²) >= 11 is 0. The Hall–Kier alpha value is -2.58. The monoisotopic (exact) mass is 457 g/mol. The van der Waals surface area contributed by atoms with Gasteiger partial charge in [-0.05, 0) is 42.6 Å². The highest BCUT2D eigenvalue weighted by molar-refractivity contribution is 7.92. The molecule has 0 unspecified atom stereocenters. The lowest BCUT2D eigenvalue weighted by atomic mass is 9.93. The third-order valence-corrected chi connectivity index (χ3v) is 6.70. The maximum absolute atomic E-state index is 13.1. The number of anilines is 1. The largest absolute Gasteiger partial charge is 0.492 e. The van der Waals surface area contributed by atoms with Gasteiger partial charge in [-0.3, -0.25) is 14.4 Å². The summed E-state index contributed by atoms with van der Waals surface area (Å²) in [5.74, 6) is 0.313. The number of ether oxygens (including phenoxy) is 1. The molecule has 1 atom stereocenters. The molecule has 1 amide bonds. The average Bonchev–Trinajstić information content (AvgIpc) is 3.22. The minimum Gasteiger partial charge on any atom is -0.492 e. The first-order valence-corrected chi connectivity index (χ1v) is 13.1. The van der Waals surface area contributed by atoms with Crippen LogP contribution in [0.4, 0.5) is 5.69 Å². The van der Waals surface area contributed by atoms with Gasteiger partial charge in [0.2, 0.25) is 10.0 Å². The number of hydrogen-bond acceptors (Lipinski definition) is 5. The lowest BCUT2D eigenvalue weighted by Crippen LogP contribution is -2.47. The summed E-state index contributed by atoms with van der Waals surface area (Å²) in [6, 6.07) is 12.0. The first-order chi connectivity index (χ1) is 15.3. The molecule has 2 aliphatic heterocycles.